The molecule has 1 aromatic heterocycles. The van der Waals surface area contributed by atoms with E-state index in [2.05, 4.69) is 0 Å². The molecule has 0 amide bonds. The summed E-state index contributed by atoms with van der Waals surface area (Å²) in [5.74, 6) is -0.844. The first kappa shape index (κ1) is 14.8. The Morgan fingerprint density at radius 1 is 1.47 bits per heavy atom. The van der Waals surface area contributed by atoms with Crippen molar-refractivity contribution in [1.82, 2.24) is 4.90 Å². The lowest BCUT2D eigenvalue weighted by Gasteiger charge is -2.31. The van der Waals surface area contributed by atoms with E-state index in [4.69, 9.17) is 28.3 Å². The Morgan fingerprint density at radius 2 is 2.06 bits per heavy atom. The van der Waals surface area contributed by atoms with Crippen LogP contribution in [0.3, 0.4) is 0 Å². The van der Waals surface area contributed by atoms with Gasteiger partial charge in [-0.1, -0.05) is 23.2 Å². The smallest absolute Gasteiger partial charge is 0.317 e. The number of hydrogen-bond acceptors (Lipinski definition) is 3. The number of nitrogens with zero attached hydrogens (tertiary/aromatic N) is 1. The Morgan fingerprint density at radius 3 is 2.41 bits per heavy atom. The summed E-state index contributed by atoms with van der Waals surface area (Å²) >= 11 is 13.3. The van der Waals surface area contributed by atoms with Gasteiger partial charge in [0.1, 0.15) is 0 Å². The maximum Gasteiger partial charge on any atom is 0.317 e. The van der Waals surface area contributed by atoms with Crippen LogP contribution < -0.4 is 0 Å². The lowest BCUT2D eigenvalue weighted by atomic mass is 10.1. The van der Waals surface area contributed by atoms with Gasteiger partial charge in [0, 0.05) is 17.6 Å². The van der Waals surface area contributed by atoms with Crippen molar-refractivity contribution < 1.29 is 9.90 Å². The van der Waals surface area contributed by atoms with Crippen molar-refractivity contribution in [2.24, 2.45) is 0 Å². The van der Waals surface area contributed by atoms with Gasteiger partial charge in [0.25, 0.3) is 0 Å². The highest BCUT2D eigenvalue weighted by Crippen LogP contribution is 2.37. The van der Waals surface area contributed by atoms with Crippen LogP contribution in [0.2, 0.25) is 8.67 Å². The maximum atomic E-state index is 10.8. The highest BCUT2D eigenvalue weighted by Gasteiger charge is 2.24. The molecule has 17 heavy (non-hydrogen) atoms. The van der Waals surface area contributed by atoms with Crippen LogP contribution in [0.15, 0.2) is 6.07 Å². The van der Waals surface area contributed by atoms with E-state index in [-0.39, 0.29) is 18.6 Å². The second-order valence-electron chi connectivity index (χ2n) is 4.12. The molecule has 3 nitrogen and oxygen atoms in total. The van der Waals surface area contributed by atoms with E-state index >= 15 is 0 Å². The molecule has 1 rings (SSSR count). The molecule has 6 heteroatoms. The Kier molecular flexibility index (Phi) is 5.25. The summed E-state index contributed by atoms with van der Waals surface area (Å²) in [5.41, 5.74) is 0.886. The van der Waals surface area contributed by atoms with E-state index in [1.54, 1.807) is 6.07 Å². The second-order valence-corrected chi connectivity index (χ2v) is 6.40. The van der Waals surface area contributed by atoms with Gasteiger partial charge in [-0.15, -0.1) is 11.3 Å². The summed E-state index contributed by atoms with van der Waals surface area (Å²) in [6.45, 7) is 5.85. The molecule has 0 aliphatic heterocycles. The van der Waals surface area contributed by atoms with Crippen LogP contribution in [0.5, 0.6) is 0 Å². The highest BCUT2D eigenvalue weighted by atomic mass is 35.5. The minimum Gasteiger partial charge on any atom is -0.480 e. The minimum absolute atomic E-state index is 0.0113. The Labute approximate surface area is 115 Å². The summed E-state index contributed by atoms with van der Waals surface area (Å²) in [6, 6.07) is 1.86. The van der Waals surface area contributed by atoms with Crippen molar-refractivity contribution in [3.63, 3.8) is 0 Å². The number of carboxylic acids is 1. The molecule has 0 bridgehead atoms. The molecule has 0 aliphatic rings. The molecular formula is C11H15Cl2NO2S. The van der Waals surface area contributed by atoms with E-state index in [0.29, 0.717) is 8.67 Å². The zero-order valence-corrected chi connectivity index (χ0v) is 12.2. The van der Waals surface area contributed by atoms with Crippen LogP contribution in [-0.2, 0) is 4.79 Å². The molecule has 0 saturated carbocycles. The summed E-state index contributed by atoms with van der Waals surface area (Å²) in [6.07, 6.45) is 0. The van der Waals surface area contributed by atoms with Gasteiger partial charge < -0.3 is 5.11 Å². The number of aliphatic carboxylic acids is 1. The molecule has 1 heterocycles. The molecule has 1 unspecified atom stereocenters. The fourth-order valence-corrected chi connectivity index (χ4v) is 3.37. The molecule has 1 N–H and O–H groups in total. The van der Waals surface area contributed by atoms with E-state index in [1.807, 2.05) is 25.7 Å². The molecule has 96 valence electrons. The molecule has 0 fully saturated rings. The fourth-order valence-electron chi connectivity index (χ4n) is 1.74. The van der Waals surface area contributed by atoms with Crippen LogP contribution in [-0.4, -0.2) is 28.6 Å². The lowest BCUT2D eigenvalue weighted by Crippen LogP contribution is -2.37. The standard InChI is InChI=1S/C11H15Cl2NO2S/c1-6(2)14(5-10(15)16)7(3)8-4-9(12)17-11(8)13/h4,6-7H,5H2,1-3H3,(H,15,16). The third-order valence-corrected chi connectivity index (χ3v) is 4.13. The SMILES string of the molecule is CC(C)N(CC(=O)O)C(C)c1cc(Cl)sc1Cl. The first-order valence-corrected chi connectivity index (χ1v) is 6.82. The van der Waals surface area contributed by atoms with Gasteiger partial charge in [-0.05, 0) is 26.8 Å². The average molecular weight is 296 g/mol. The van der Waals surface area contributed by atoms with Crippen LogP contribution in [0.25, 0.3) is 0 Å². The maximum absolute atomic E-state index is 10.8. The zero-order valence-electron chi connectivity index (χ0n) is 9.91. The van der Waals surface area contributed by atoms with Crippen molar-refractivity contribution in [3.05, 3.63) is 20.3 Å². The summed E-state index contributed by atoms with van der Waals surface area (Å²) < 4.78 is 1.24. The molecular weight excluding hydrogens is 281 g/mol. The third kappa shape index (κ3) is 3.85. The number of hydrogen-bond donors (Lipinski definition) is 1. The number of carbonyl (C=O) groups is 1. The third-order valence-electron chi connectivity index (χ3n) is 2.61. The Bertz CT molecular complexity index is 406. The number of rotatable bonds is 5. The van der Waals surface area contributed by atoms with Crippen molar-refractivity contribution in [1.29, 1.82) is 0 Å². The Hall–Kier alpha value is -0.290. The quantitative estimate of drug-likeness (QED) is 0.895. The van der Waals surface area contributed by atoms with Gasteiger partial charge in [0.05, 0.1) is 15.2 Å². The van der Waals surface area contributed by atoms with Crippen molar-refractivity contribution in [2.45, 2.75) is 32.9 Å². The summed E-state index contributed by atoms with van der Waals surface area (Å²) in [7, 11) is 0. The number of halogens is 2. The molecule has 0 aliphatic carbocycles. The number of carboxylic acid groups (broad SMARTS) is 1. The monoisotopic (exact) mass is 295 g/mol. The van der Waals surface area contributed by atoms with Crippen LogP contribution in [0.1, 0.15) is 32.4 Å². The lowest BCUT2D eigenvalue weighted by molar-refractivity contribution is -0.139. The van der Waals surface area contributed by atoms with Gasteiger partial charge in [0.2, 0.25) is 0 Å². The van der Waals surface area contributed by atoms with Gasteiger partial charge >= 0.3 is 5.97 Å². The summed E-state index contributed by atoms with van der Waals surface area (Å²) in [5, 5.41) is 8.90. The average Bonchev–Trinajstić information content (AvgIpc) is 2.52. The van der Waals surface area contributed by atoms with Crippen LogP contribution in [0, 0.1) is 0 Å². The molecule has 1 atom stereocenters. The van der Waals surface area contributed by atoms with Gasteiger partial charge in [-0.25, -0.2) is 0 Å². The van der Waals surface area contributed by atoms with Crippen molar-refractivity contribution >= 4 is 40.5 Å². The van der Waals surface area contributed by atoms with Gasteiger partial charge in [0.15, 0.2) is 0 Å². The molecule has 1 aromatic rings. The number of thiophene rings is 1. The van der Waals surface area contributed by atoms with Crippen LogP contribution >= 0.6 is 34.5 Å². The zero-order chi connectivity index (χ0) is 13.2. The topological polar surface area (TPSA) is 40.5 Å². The van der Waals surface area contributed by atoms with E-state index in [9.17, 15) is 4.79 Å². The van der Waals surface area contributed by atoms with Gasteiger partial charge in [-0.2, -0.15) is 0 Å². The van der Waals surface area contributed by atoms with Crippen molar-refractivity contribution in [3.8, 4) is 0 Å². The first-order valence-electron chi connectivity index (χ1n) is 5.25. The normalized spacial score (nSPS) is 13.4. The van der Waals surface area contributed by atoms with E-state index in [1.165, 1.54) is 11.3 Å². The van der Waals surface area contributed by atoms with E-state index in [0.717, 1.165) is 5.56 Å². The fraction of sp³-hybridized carbons (Fsp3) is 0.545. The largest absolute Gasteiger partial charge is 0.480 e. The molecule has 0 radical (unpaired) electrons. The molecule has 0 spiro atoms. The highest BCUT2D eigenvalue weighted by molar-refractivity contribution is 7.20. The predicted octanol–water partition coefficient (Wildman–Crippen LogP) is 3.91. The van der Waals surface area contributed by atoms with Crippen LogP contribution in [0.4, 0.5) is 0 Å². The first-order chi connectivity index (χ1) is 7.82. The molecule has 0 saturated heterocycles. The summed E-state index contributed by atoms with van der Waals surface area (Å²) in [4.78, 5) is 12.7. The van der Waals surface area contributed by atoms with Crippen molar-refractivity contribution in [2.75, 3.05) is 6.54 Å². The predicted molar refractivity (Wildman–Crippen MR) is 72.2 cm³/mol. The van der Waals surface area contributed by atoms with E-state index < -0.39 is 5.97 Å². The van der Waals surface area contributed by atoms with Gasteiger partial charge in [-0.3, -0.25) is 9.69 Å². The Balaban J connectivity index is 2.95. The second kappa shape index (κ2) is 6.05. The molecule has 0 aromatic carbocycles. The minimum atomic E-state index is -0.844.